The zero-order valence-corrected chi connectivity index (χ0v) is 12.9. The Kier molecular flexibility index (Phi) is 5.75. The number of benzene rings is 1. The molecular formula is C16H16F3N3O2. The molecule has 0 bridgehead atoms. The number of amides is 1. The summed E-state index contributed by atoms with van der Waals surface area (Å²) in [7, 11) is 1.58. The van der Waals surface area contributed by atoms with Gasteiger partial charge in [-0.3, -0.25) is 4.79 Å². The molecule has 5 nitrogen and oxygen atoms in total. The summed E-state index contributed by atoms with van der Waals surface area (Å²) in [6.07, 6.45) is -2.99. The lowest BCUT2D eigenvalue weighted by Gasteiger charge is -2.10. The highest BCUT2D eigenvalue weighted by Gasteiger charge is 2.30. The lowest BCUT2D eigenvalue weighted by atomic mass is 10.2. The van der Waals surface area contributed by atoms with Crippen LogP contribution in [0.25, 0.3) is 0 Å². The smallest absolute Gasteiger partial charge is 0.383 e. The maximum absolute atomic E-state index is 12.7. The van der Waals surface area contributed by atoms with Crippen LogP contribution in [-0.4, -0.2) is 31.2 Å². The zero-order chi connectivity index (χ0) is 17.6. The Morgan fingerprint density at radius 2 is 2.00 bits per heavy atom. The number of carbonyl (C=O) groups is 1. The fourth-order valence-electron chi connectivity index (χ4n) is 1.90. The Morgan fingerprint density at radius 3 is 2.62 bits per heavy atom. The number of alkyl halides is 3. The molecule has 0 saturated heterocycles. The van der Waals surface area contributed by atoms with Crippen LogP contribution in [0.1, 0.15) is 16.1 Å². The van der Waals surface area contributed by atoms with E-state index in [1.165, 1.54) is 24.4 Å². The molecule has 1 aromatic carbocycles. The average molecular weight is 339 g/mol. The molecule has 0 atom stereocenters. The van der Waals surface area contributed by atoms with Gasteiger partial charge >= 0.3 is 6.18 Å². The van der Waals surface area contributed by atoms with Crippen molar-refractivity contribution in [1.82, 2.24) is 4.98 Å². The standard InChI is InChI=1S/C16H16F3N3O2/c1-24-8-7-20-13-5-6-14(21-10-13)15(23)22-12-4-2-3-11(9-12)16(17,18)19/h2-6,9-10,20H,7-8H2,1H3,(H,22,23). The third-order valence-electron chi connectivity index (χ3n) is 3.08. The van der Waals surface area contributed by atoms with E-state index >= 15 is 0 Å². The SMILES string of the molecule is COCCNc1ccc(C(=O)Nc2cccc(C(F)(F)F)c2)nc1. The molecule has 0 saturated carbocycles. The van der Waals surface area contributed by atoms with E-state index in [-0.39, 0.29) is 11.4 Å². The van der Waals surface area contributed by atoms with Gasteiger partial charge in [0.2, 0.25) is 0 Å². The fourth-order valence-corrected chi connectivity index (χ4v) is 1.90. The highest BCUT2D eigenvalue weighted by Crippen LogP contribution is 2.30. The number of nitrogens with one attached hydrogen (secondary N) is 2. The number of halogens is 3. The topological polar surface area (TPSA) is 63.2 Å². The van der Waals surface area contributed by atoms with Crippen molar-refractivity contribution in [3.8, 4) is 0 Å². The number of ether oxygens (including phenoxy) is 1. The van der Waals surface area contributed by atoms with E-state index < -0.39 is 17.6 Å². The first-order valence-corrected chi connectivity index (χ1v) is 7.07. The zero-order valence-electron chi connectivity index (χ0n) is 12.9. The van der Waals surface area contributed by atoms with Crippen LogP contribution in [0.15, 0.2) is 42.6 Å². The van der Waals surface area contributed by atoms with Gasteiger partial charge in [0.15, 0.2) is 0 Å². The number of methoxy groups -OCH3 is 1. The van der Waals surface area contributed by atoms with Crippen LogP contribution in [0, 0.1) is 0 Å². The summed E-state index contributed by atoms with van der Waals surface area (Å²) in [5, 5.41) is 5.44. The molecule has 2 N–H and O–H groups in total. The van der Waals surface area contributed by atoms with Crippen LogP contribution < -0.4 is 10.6 Å². The van der Waals surface area contributed by atoms with E-state index in [1.54, 1.807) is 13.2 Å². The van der Waals surface area contributed by atoms with E-state index in [2.05, 4.69) is 15.6 Å². The molecule has 0 spiro atoms. The van der Waals surface area contributed by atoms with Crippen LogP contribution in [0.5, 0.6) is 0 Å². The average Bonchev–Trinajstić information content (AvgIpc) is 2.55. The number of hydrogen-bond acceptors (Lipinski definition) is 4. The van der Waals surface area contributed by atoms with Gasteiger partial charge in [-0.05, 0) is 30.3 Å². The normalized spacial score (nSPS) is 11.2. The van der Waals surface area contributed by atoms with E-state index in [0.717, 1.165) is 12.1 Å². The molecule has 2 rings (SSSR count). The van der Waals surface area contributed by atoms with Gasteiger partial charge in [0.25, 0.3) is 5.91 Å². The van der Waals surface area contributed by atoms with Crippen molar-refractivity contribution < 1.29 is 22.7 Å². The summed E-state index contributed by atoms with van der Waals surface area (Å²) in [6.45, 7) is 1.12. The minimum Gasteiger partial charge on any atom is -0.383 e. The summed E-state index contributed by atoms with van der Waals surface area (Å²) in [6, 6.07) is 7.57. The van der Waals surface area contributed by atoms with Crippen molar-refractivity contribution in [2.45, 2.75) is 6.18 Å². The molecule has 0 aliphatic carbocycles. The predicted octanol–water partition coefficient (Wildman–Crippen LogP) is 3.41. The molecule has 1 heterocycles. The number of nitrogens with zero attached hydrogens (tertiary/aromatic N) is 1. The van der Waals surface area contributed by atoms with Gasteiger partial charge in [0.1, 0.15) is 5.69 Å². The van der Waals surface area contributed by atoms with Crippen LogP contribution in [0.3, 0.4) is 0 Å². The molecule has 0 aliphatic rings. The number of pyridine rings is 1. The summed E-state index contributed by atoms with van der Waals surface area (Å²) in [5.41, 5.74) is 0.0391. The molecule has 8 heteroatoms. The number of hydrogen-bond donors (Lipinski definition) is 2. The quantitative estimate of drug-likeness (QED) is 0.792. The third kappa shape index (κ3) is 4.95. The first kappa shape index (κ1) is 17.7. The highest BCUT2D eigenvalue weighted by molar-refractivity contribution is 6.03. The number of rotatable bonds is 6. The second-order valence-corrected chi connectivity index (χ2v) is 4.88. The number of anilines is 2. The molecule has 0 fully saturated rings. The van der Waals surface area contributed by atoms with Crippen molar-refractivity contribution in [1.29, 1.82) is 0 Å². The fraction of sp³-hybridized carbons (Fsp3) is 0.250. The van der Waals surface area contributed by atoms with Gasteiger partial charge in [0, 0.05) is 19.3 Å². The van der Waals surface area contributed by atoms with Crippen molar-refractivity contribution in [3.63, 3.8) is 0 Å². The summed E-state index contributed by atoms with van der Waals surface area (Å²) in [4.78, 5) is 16.0. The Morgan fingerprint density at radius 1 is 1.21 bits per heavy atom. The molecule has 1 amide bonds. The van der Waals surface area contributed by atoms with Crippen molar-refractivity contribution >= 4 is 17.3 Å². The maximum atomic E-state index is 12.7. The van der Waals surface area contributed by atoms with Gasteiger partial charge in [-0.15, -0.1) is 0 Å². The first-order valence-electron chi connectivity index (χ1n) is 7.07. The van der Waals surface area contributed by atoms with Gasteiger partial charge in [-0.2, -0.15) is 13.2 Å². The van der Waals surface area contributed by atoms with E-state index in [0.29, 0.717) is 18.8 Å². The predicted molar refractivity (Wildman–Crippen MR) is 84.0 cm³/mol. The summed E-state index contributed by atoms with van der Waals surface area (Å²) >= 11 is 0. The van der Waals surface area contributed by atoms with Crippen LogP contribution >= 0.6 is 0 Å². The molecule has 0 radical (unpaired) electrons. The lowest BCUT2D eigenvalue weighted by molar-refractivity contribution is -0.137. The summed E-state index contributed by atoms with van der Waals surface area (Å²) in [5.74, 6) is -0.585. The molecule has 128 valence electrons. The van der Waals surface area contributed by atoms with Crippen molar-refractivity contribution in [2.75, 3.05) is 30.9 Å². The van der Waals surface area contributed by atoms with Crippen molar-refractivity contribution in [3.05, 3.63) is 53.9 Å². The second-order valence-electron chi connectivity index (χ2n) is 4.88. The van der Waals surface area contributed by atoms with E-state index in [4.69, 9.17) is 4.74 Å². The third-order valence-corrected chi connectivity index (χ3v) is 3.08. The van der Waals surface area contributed by atoms with Crippen molar-refractivity contribution in [2.24, 2.45) is 0 Å². The Bertz CT molecular complexity index is 688. The lowest BCUT2D eigenvalue weighted by Crippen LogP contribution is -2.15. The van der Waals surface area contributed by atoms with Crippen LogP contribution in [0.2, 0.25) is 0 Å². The maximum Gasteiger partial charge on any atom is 0.416 e. The minimum atomic E-state index is -4.46. The largest absolute Gasteiger partial charge is 0.416 e. The van der Waals surface area contributed by atoms with E-state index in [9.17, 15) is 18.0 Å². The first-order chi connectivity index (χ1) is 11.4. The minimum absolute atomic E-state index is 0.0546. The summed E-state index contributed by atoms with van der Waals surface area (Å²) < 4.78 is 42.9. The number of aromatic nitrogens is 1. The van der Waals surface area contributed by atoms with Gasteiger partial charge in [-0.1, -0.05) is 6.07 Å². The highest BCUT2D eigenvalue weighted by atomic mass is 19.4. The van der Waals surface area contributed by atoms with Crippen LogP contribution in [-0.2, 0) is 10.9 Å². The Balaban J connectivity index is 2.02. The molecule has 1 aromatic heterocycles. The molecule has 0 unspecified atom stereocenters. The van der Waals surface area contributed by atoms with E-state index in [1.807, 2.05) is 0 Å². The molecular weight excluding hydrogens is 323 g/mol. The molecule has 2 aromatic rings. The number of carbonyl (C=O) groups excluding carboxylic acids is 1. The monoisotopic (exact) mass is 339 g/mol. The van der Waals surface area contributed by atoms with Crippen LogP contribution in [0.4, 0.5) is 24.5 Å². The second kappa shape index (κ2) is 7.78. The van der Waals surface area contributed by atoms with Gasteiger partial charge < -0.3 is 15.4 Å². The molecule has 0 aliphatic heterocycles. The van der Waals surface area contributed by atoms with Gasteiger partial charge in [0.05, 0.1) is 24.1 Å². The Hall–Kier alpha value is -2.61. The van der Waals surface area contributed by atoms with Gasteiger partial charge in [-0.25, -0.2) is 4.98 Å². The Labute approximate surface area is 136 Å². The molecule has 24 heavy (non-hydrogen) atoms.